The van der Waals surface area contributed by atoms with Gasteiger partial charge in [0.25, 0.3) is 17.7 Å². The largest absolute Gasteiger partial charge is 0.296 e. The van der Waals surface area contributed by atoms with Crippen LogP contribution in [-0.2, 0) is 6.42 Å². The number of fused-ring (bicyclic) bond motifs is 1. The first-order chi connectivity index (χ1) is 13.5. The van der Waals surface area contributed by atoms with E-state index in [0.717, 1.165) is 0 Å². The minimum Gasteiger partial charge on any atom is -0.296 e. The zero-order valence-electron chi connectivity index (χ0n) is 14.4. The number of hydrogen-bond donors (Lipinski definition) is 1. The number of nitrogens with zero attached hydrogens (tertiary/aromatic N) is 3. The van der Waals surface area contributed by atoms with Gasteiger partial charge in [0.2, 0.25) is 5.13 Å². The first kappa shape index (κ1) is 18.3. The molecule has 7 nitrogen and oxygen atoms in total. The lowest BCUT2D eigenvalue weighted by atomic mass is 10.1. The summed E-state index contributed by atoms with van der Waals surface area (Å²) in [7, 11) is 0. The van der Waals surface area contributed by atoms with Crippen LogP contribution < -0.4 is 5.32 Å². The van der Waals surface area contributed by atoms with Crippen molar-refractivity contribution in [2.24, 2.45) is 0 Å². The third-order valence-electron chi connectivity index (χ3n) is 4.22. The van der Waals surface area contributed by atoms with Crippen molar-refractivity contribution in [3.05, 3.63) is 75.3 Å². The highest BCUT2D eigenvalue weighted by Crippen LogP contribution is 2.23. The molecule has 0 atom stereocenters. The summed E-state index contributed by atoms with van der Waals surface area (Å²) < 4.78 is 0. The molecular weight excluding hydrogens is 400 g/mol. The Morgan fingerprint density at radius 2 is 1.64 bits per heavy atom. The molecule has 0 saturated carbocycles. The first-order valence-electron chi connectivity index (χ1n) is 8.37. The fourth-order valence-corrected chi connectivity index (χ4v) is 3.67. The fraction of sp³-hybridized carbons (Fsp3) is 0.105. The molecule has 0 saturated heterocycles. The van der Waals surface area contributed by atoms with E-state index in [-0.39, 0.29) is 24.3 Å². The molecule has 0 fully saturated rings. The Morgan fingerprint density at radius 1 is 1.00 bits per heavy atom. The van der Waals surface area contributed by atoms with Gasteiger partial charge in [0.1, 0.15) is 5.01 Å². The number of imide groups is 1. The van der Waals surface area contributed by atoms with Gasteiger partial charge in [-0.1, -0.05) is 35.1 Å². The monoisotopic (exact) mass is 412 g/mol. The lowest BCUT2D eigenvalue weighted by Gasteiger charge is -2.12. The molecule has 3 aromatic rings. The van der Waals surface area contributed by atoms with Crippen LogP contribution in [0.5, 0.6) is 0 Å². The van der Waals surface area contributed by atoms with Crippen LogP contribution in [0.2, 0.25) is 5.02 Å². The second-order valence-corrected chi connectivity index (χ2v) is 7.52. The maximum absolute atomic E-state index is 12.4. The molecule has 1 N–H and O–H groups in total. The Balaban J connectivity index is 1.38. The lowest BCUT2D eigenvalue weighted by Crippen LogP contribution is -2.31. The summed E-state index contributed by atoms with van der Waals surface area (Å²) in [5.41, 5.74) is 1.29. The molecule has 0 radical (unpaired) electrons. The third-order valence-corrected chi connectivity index (χ3v) is 5.37. The predicted octanol–water partition coefficient (Wildman–Crippen LogP) is 3.28. The first-order valence-corrected chi connectivity index (χ1v) is 9.57. The van der Waals surface area contributed by atoms with Gasteiger partial charge in [-0.25, -0.2) is 0 Å². The van der Waals surface area contributed by atoms with Crippen LogP contribution in [0.1, 0.15) is 36.1 Å². The highest BCUT2D eigenvalue weighted by atomic mass is 35.5. The van der Waals surface area contributed by atoms with Gasteiger partial charge in [0.15, 0.2) is 0 Å². The molecule has 0 unspecified atom stereocenters. The average molecular weight is 413 g/mol. The Labute approximate surface area is 169 Å². The van der Waals surface area contributed by atoms with Crippen LogP contribution in [0, 0.1) is 0 Å². The molecule has 2 aromatic carbocycles. The maximum atomic E-state index is 12.4. The molecule has 140 valence electrons. The van der Waals surface area contributed by atoms with Crippen LogP contribution in [0.15, 0.2) is 48.5 Å². The smallest absolute Gasteiger partial charge is 0.261 e. The zero-order chi connectivity index (χ0) is 19.7. The van der Waals surface area contributed by atoms with Crippen molar-refractivity contribution in [3.63, 3.8) is 0 Å². The van der Waals surface area contributed by atoms with Crippen molar-refractivity contribution in [2.75, 3.05) is 11.9 Å². The molecule has 2 heterocycles. The molecule has 28 heavy (non-hydrogen) atoms. The van der Waals surface area contributed by atoms with E-state index >= 15 is 0 Å². The third kappa shape index (κ3) is 3.51. The summed E-state index contributed by atoms with van der Waals surface area (Å²) in [6, 6.07) is 13.2. The van der Waals surface area contributed by atoms with Crippen LogP contribution in [0.4, 0.5) is 5.13 Å². The Morgan fingerprint density at radius 3 is 2.29 bits per heavy atom. The molecule has 9 heteroatoms. The van der Waals surface area contributed by atoms with Gasteiger partial charge in [0.05, 0.1) is 11.1 Å². The number of benzene rings is 2. The molecule has 1 aliphatic heterocycles. The van der Waals surface area contributed by atoms with E-state index in [1.807, 2.05) is 0 Å². The molecule has 1 aliphatic rings. The van der Waals surface area contributed by atoms with Crippen molar-refractivity contribution in [3.8, 4) is 0 Å². The number of amides is 3. The van der Waals surface area contributed by atoms with Crippen LogP contribution >= 0.6 is 22.9 Å². The van der Waals surface area contributed by atoms with Gasteiger partial charge < -0.3 is 0 Å². The molecule has 3 amide bonds. The number of nitrogens with one attached hydrogen (secondary N) is 1. The van der Waals surface area contributed by atoms with E-state index in [1.165, 1.54) is 16.2 Å². The van der Waals surface area contributed by atoms with E-state index in [0.29, 0.717) is 38.3 Å². The summed E-state index contributed by atoms with van der Waals surface area (Å²) in [5.74, 6) is -0.928. The van der Waals surface area contributed by atoms with E-state index in [9.17, 15) is 14.4 Å². The van der Waals surface area contributed by atoms with Crippen molar-refractivity contribution in [2.45, 2.75) is 6.42 Å². The second-order valence-electron chi connectivity index (χ2n) is 6.02. The van der Waals surface area contributed by atoms with Crippen molar-refractivity contribution < 1.29 is 14.4 Å². The Bertz CT molecular complexity index is 1050. The highest BCUT2D eigenvalue weighted by Gasteiger charge is 2.34. The van der Waals surface area contributed by atoms with Crippen LogP contribution in [0.3, 0.4) is 0 Å². The minimum atomic E-state index is -0.320. The number of carbonyl (C=O) groups excluding carboxylic acids is 3. The van der Waals surface area contributed by atoms with E-state index < -0.39 is 0 Å². The quantitative estimate of drug-likeness (QED) is 0.649. The molecule has 0 spiro atoms. The number of hydrogen-bond acceptors (Lipinski definition) is 6. The topological polar surface area (TPSA) is 92.3 Å². The average Bonchev–Trinajstić information content (AvgIpc) is 3.24. The molecule has 0 bridgehead atoms. The van der Waals surface area contributed by atoms with Crippen molar-refractivity contribution >= 4 is 45.8 Å². The van der Waals surface area contributed by atoms with Gasteiger partial charge in [-0.3, -0.25) is 24.6 Å². The summed E-state index contributed by atoms with van der Waals surface area (Å²) in [5, 5.41) is 12.1. The number of halogens is 1. The summed E-state index contributed by atoms with van der Waals surface area (Å²) in [4.78, 5) is 38.1. The number of carbonyl (C=O) groups is 3. The minimum absolute atomic E-state index is 0.201. The Hall–Kier alpha value is -3.10. The summed E-state index contributed by atoms with van der Waals surface area (Å²) in [6.45, 7) is 0.201. The van der Waals surface area contributed by atoms with E-state index in [1.54, 1.807) is 48.5 Å². The predicted molar refractivity (Wildman–Crippen MR) is 105 cm³/mol. The van der Waals surface area contributed by atoms with Crippen molar-refractivity contribution in [1.82, 2.24) is 15.1 Å². The molecule has 1 aromatic heterocycles. The van der Waals surface area contributed by atoms with Crippen LogP contribution in [0.25, 0.3) is 0 Å². The van der Waals surface area contributed by atoms with Crippen LogP contribution in [-0.4, -0.2) is 39.4 Å². The fourth-order valence-electron chi connectivity index (χ4n) is 2.83. The Kier molecular flexibility index (Phi) is 4.89. The molecular formula is C19H13ClN4O3S. The van der Waals surface area contributed by atoms with Gasteiger partial charge in [0, 0.05) is 23.6 Å². The second kappa shape index (κ2) is 7.49. The number of aromatic nitrogens is 2. The zero-order valence-corrected chi connectivity index (χ0v) is 16.0. The highest BCUT2D eigenvalue weighted by molar-refractivity contribution is 7.15. The maximum Gasteiger partial charge on any atom is 0.261 e. The van der Waals surface area contributed by atoms with Gasteiger partial charge in [-0.15, -0.1) is 10.2 Å². The number of rotatable bonds is 5. The van der Waals surface area contributed by atoms with E-state index in [2.05, 4.69) is 15.5 Å². The summed E-state index contributed by atoms with van der Waals surface area (Å²) in [6.07, 6.45) is 0.361. The van der Waals surface area contributed by atoms with Crippen molar-refractivity contribution in [1.29, 1.82) is 0 Å². The molecule has 4 rings (SSSR count). The van der Waals surface area contributed by atoms with Gasteiger partial charge in [-0.05, 0) is 36.4 Å². The lowest BCUT2D eigenvalue weighted by molar-refractivity contribution is 0.0655. The van der Waals surface area contributed by atoms with E-state index in [4.69, 9.17) is 11.6 Å². The van der Waals surface area contributed by atoms with Gasteiger partial charge >= 0.3 is 0 Å². The number of anilines is 1. The molecule has 0 aliphatic carbocycles. The SMILES string of the molecule is O=C(Nc1nnc(CCN2C(=O)c3ccccc3C2=O)s1)c1ccc(Cl)cc1. The standard InChI is InChI=1S/C19H13ClN4O3S/c20-12-7-5-11(6-8-12)16(25)21-19-23-22-15(28-19)9-10-24-17(26)13-3-1-2-4-14(13)18(24)27/h1-8H,9-10H2,(H,21,23,25). The normalized spacial score (nSPS) is 13.0. The van der Waals surface area contributed by atoms with Gasteiger partial charge in [-0.2, -0.15) is 0 Å². The summed E-state index contributed by atoms with van der Waals surface area (Å²) >= 11 is 7.01.